The largest absolute Gasteiger partial charge is 0.478 e. The van der Waals surface area contributed by atoms with Crippen molar-refractivity contribution in [2.45, 2.75) is 19.5 Å². The zero-order valence-electron chi connectivity index (χ0n) is 10.4. The van der Waals surface area contributed by atoms with E-state index in [1.807, 2.05) is 13.0 Å². The molecule has 1 aromatic carbocycles. The van der Waals surface area contributed by atoms with Gasteiger partial charge in [0.1, 0.15) is 11.6 Å². The van der Waals surface area contributed by atoms with Gasteiger partial charge in [-0.15, -0.1) is 0 Å². The maximum absolute atomic E-state index is 13.6. The molecule has 19 heavy (non-hydrogen) atoms. The lowest BCUT2D eigenvalue weighted by atomic mass is 10.1. The van der Waals surface area contributed by atoms with Crippen molar-refractivity contribution in [1.82, 2.24) is 5.32 Å². The fourth-order valence-electron chi connectivity index (χ4n) is 1.74. The average Bonchev–Trinajstić information content (AvgIpc) is 2.91. The molecule has 0 saturated heterocycles. The van der Waals surface area contributed by atoms with Gasteiger partial charge >= 0.3 is 5.97 Å². The van der Waals surface area contributed by atoms with Crippen molar-refractivity contribution in [3.05, 3.63) is 59.3 Å². The molecule has 0 aliphatic heterocycles. The number of rotatable bonds is 5. The van der Waals surface area contributed by atoms with E-state index in [-0.39, 0.29) is 18.2 Å². The molecular formula is C14H14FNO3. The fourth-order valence-corrected chi connectivity index (χ4v) is 1.74. The van der Waals surface area contributed by atoms with Gasteiger partial charge in [0, 0.05) is 12.1 Å². The number of furan rings is 1. The zero-order chi connectivity index (χ0) is 13.8. The van der Waals surface area contributed by atoms with Crippen LogP contribution >= 0.6 is 0 Å². The lowest BCUT2D eigenvalue weighted by Crippen LogP contribution is -2.18. The van der Waals surface area contributed by atoms with E-state index in [2.05, 4.69) is 5.32 Å². The third kappa shape index (κ3) is 3.20. The lowest BCUT2D eigenvalue weighted by molar-refractivity contribution is 0.0696. The summed E-state index contributed by atoms with van der Waals surface area (Å²) in [4.78, 5) is 10.8. The van der Waals surface area contributed by atoms with Gasteiger partial charge in [-0.25, -0.2) is 9.18 Å². The van der Waals surface area contributed by atoms with Gasteiger partial charge in [-0.2, -0.15) is 0 Å². The van der Waals surface area contributed by atoms with Crippen LogP contribution in [0.4, 0.5) is 4.39 Å². The van der Waals surface area contributed by atoms with Crippen LogP contribution < -0.4 is 5.32 Å². The molecule has 1 aromatic heterocycles. The highest BCUT2D eigenvalue weighted by Crippen LogP contribution is 2.15. The standard InChI is InChI=1S/C14H14FNO3/c1-9(13-3-2-6-19-13)16-8-11-7-10(14(17)18)4-5-12(11)15/h2-7,9,16H,8H2,1H3,(H,17,18)/t9-/m1/s1. The Kier molecular flexibility index (Phi) is 3.97. The van der Waals surface area contributed by atoms with E-state index in [0.29, 0.717) is 5.56 Å². The summed E-state index contributed by atoms with van der Waals surface area (Å²) in [5.41, 5.74) is 0.391. The van der Waals surface area contributed by atoms with E-state index >= 15 is 0 Å². The van der Waals surface area contributed by atoms with Crippen molar-refractivity contribution < 1.29 is 18.7 Å². The quantitative estimate of drug-likeness (QED) is 0.870. The second kappa shape index (κ2) is 5.67. The Morgan fingerprint density at radius 3 is 2.89 bits per heavy atom. The number of carbonyl (C=O) groups is 1. The van der Waals surface area contributed by atoms with E-state index in [9.17, 15) is 9.18 Å². The molecule has 2 N–H and O–H groups in total. The average molecular weight is 263 g/mol. The Bertz CT molecular complexity index is 566. The number of benzene rings is 1. The summed E-state index contributed by atoms with van der Waals surface area (Å²) < 4.78 is 18.8. The van der Waals surface area contributed by atoms with E-state index in [0.717, 1.165) is 11.8 Å². The topological polar surface area (TPSA) is 62.5 Å². The van der Waals surface area contributed by atoms with Gasteiger partial charge in [0.25, 0.3) is 0 Å². The molecule has 100 valence electrons. The first kappa shape index (κ1) is 13.3. The normalized spacial score (nSPS) is 12.3. The van der Waals surface area contributed by atoms with Crippen LogP contribution in [-0.4, -0.2) is 11.1 Å². The minimum Gasteiger partial charge on any atom is -0.478 e. The predicted octanol–water partition coefficient (Wildman–Crippen LogP) is 2.97. The van der Waals surface area contributed by atoms with Crippen LogP contribution in [-0.2, 0) is 6.54 Å². The van der Waals surface area contributed by atoms with Gasteiger partial charge in [0.15, 0.2) is 0 Å². The van der Waals surface area contributed by atoms with E-state index < -0.39 is 11.8 Å². The number of hydrogen-bond donors (Lipinski definition) is 2. The van der Waals surface area contributed by atoms with Crippen molar-refractivity contribution in [3.8, 4) is 0 Å². The van der Waals surface area contributed by atoms with Crippen molar-refractivity contribution in [2.75, 3.05) is 0 Å². The molecule has 0 aliphatic carbocycles. The highest BCUT2D eigenvalue weighted by Gasteiger charge is 2.11. The second-order valence-electron chi connectivity index (χ2n) is 4.23. The first-order valence-electron chi connectivity index (χ1n) is 5.86. The molecule has 0 fully saturated rings. The van der Waals surface area contributed by atoms with E-state index in [1.54, 1.807) is 12.3 Å². The summed E-state index contributed by atoms with van der Waals surface area (Å²) >= 11 is 0. The molecule has 1 atom stereocenters. The number of carboxylic acids is 1. The molecule has 0 bridgehead atoms. The second-order valence-corrected chi connectivity index (χ2v) is 4.23. The van der Waals surface area contributed by atoms with Crippen molar-refractivity contribution >= 4 is 5.97 Å². The highest BCUT2D eigenvalue weighted by atomic mass is 19.1. The summed E-state index contributed by atoms with van der Waals surface area (Å²) in [5.74, 6) is -0.751. The van der Waals surface area contributed by atoms with Gasteiger partial charge in [-0.3, -0.25) is 0 Å². The maximum Gasteiger partial charge on any atom is 0.335 e. The van der Waals surface area contributed by atoms with Gasteiger partial charge in [-0.1, -0.05) is 0 Å². The zero-order valence-corrected chi connectivity index (χ0v) is 10.4. The van der Waals surface area contributed by atoms with Gasteiger partial charge < -0.3 is 14.8 Å². The predicted molar refractivity (Wildman–Crippen MR) is 67.3 cm³/mol. The summed E-state index contributed by atoms with van der Waals surface area (Å²) in [6, 6.07) is 7.26. The summed E-state index contributed by atoms with van der Waals surface area (Å²) in [6.45, 7) is 2.12. The Hall–Kier alpha value is -2.14. The molecule has 5 heteroatoms. The van der Waals surface area contributed by atoms with Crippen LogP contribution in [0.25, 0.3) is 0 Å². The van der Waals surface area contributed by atoms with Gasteiger partial charge in [0.05, 0.1) is 17.9 Å². The molecule has 0 amide bonds. The minimum atomic E-state index is -1.07. The van der Waals surface area contributed by atoms with Crippen molar-refractivity contribution in [2.24, 2.45) is 0 Å². The molecule has 0 radical (unpaired) electrons. The first-order chi connectivity index (χ1) is 9.08. The van der Waals surface area contributed by atoms with Crippen molar-refractivity contribution in [3.63, 3.8) is 0 Å². The van der Waals surface area contributed by atoms with Crippen LogP contribution in [0.2, 0.25) is 0 Å². The number of carboxylic acid groups (broad SMARTS) is 1. The number of nitrogens with one attached hydrogen (secondary N) is 1. The summed E-state index contributed by atoms with van der Waals surface area (Å²) in [5, 5.41) is 12.0. The highest BCUT2D eigenvalue weighted by molar-refractivity contribution is 5.87. The molecule has 0 saturated carbocycles. The smallest absolute Gasteiger partial charge is 0.335 e. The van der Waals surface area contributed by atoms with Crippen LogP contribution in [0.1, 0.15) is 34.6 Å². The Labute approximate surface area is 109 Å². The molecule has 0 spiro atoms. The summed E-state index contributed by atoms with van der Waals surface area (Å²) in [6.07, 6.45) is 1.57. The van der Waals surface area contributed by atoms with Gasteiger partial charge in [-0.05, 0) is 37.3 Å². The van der Waals surface area contributed by atoms with Crippen LogP contribution in [0.3, 0.4) is 0 Å². The first-order valence-corrected chi connectivity index (χ1v) is 5.86. The molecular weight excluding hydrogens is 249 g/mol. The molecule has 0 aliphatic rings. The number of hydrogen-bond acceptors (Lipinski definition) is 3. The SMILES string of the molecule is C[C@@H](NCc1cc(C(=O)O)ccc1F)c1ccco1. The number of aromatic carboxylic acids is 1. The Morgan fingerprint density at radius 1 is 1.47 bits per heavy atom. The van der Waals surface area contributed by atoms with Crippen molar-refractivity contribution in [1.29, 1.82) is 0 Å². The van der Waals surface area contributed by atoms with Crippen LogP contribution in [0.5, 0.6) is 0 Å². The molecule has 0 unspecified atom stereocenters. The fraction of sp³-hybridized carbons (Fsp3) is 0.214. The Morgan fingerprint density at radius 2 is 2.26 bits per heavy atom. The minimum absolute atomic E-state index is 0.0730. The van der Waals surface area contributed by atoms with E-state index in [1.165, 1.54) is 12.1 Å². The van der Waals surface area contributed by atoms with Crippen LogP contribution in [0.15, 0.2) is 41.0 Å². The molecule has 2 aromatic rings. The summed E-state index contributed by atoms with van der Waals surface area (Å²) in [7, 11) is 0. The molecule has 2 rings (SSSR count). The maximum atomic E-state index is 13.6. The number of halogens is 1. The third-order valence-corrected chi connectivity index (χ3v) is 2.86. The lowest BCUT2D eigenvalue weighted by Gasteiger charge is -2.12. The third-order valence-electron chi connectivity index (χ3n) is 2.86. The molecule has 4 nitrogen and oxygen atoms in total. The molecule has 1 heterocycles. The van der Waals surface area contributed by atoms with E-state index in [4.69, 9.17) is 9.52 Å². The Balaban J connectivity index is 2.06. The van der Waals surface area contributed by atoms with Gasteiger partial charge in [0.2, 0.25) is 0 Å². The monoisotopic (exact) mass is 263 g/mol. The van der Waals surface area contributed by atoms with Crippen LogP contribution in [0, 0.1) is 5.82 Å².